The number of sulfonamides is 1. The Morgan fingerprint density at radius 1 is 1.08 bits per heavy atom. The number of anilines is 3. The van der Waals surface area contributed by atoms with Gasteiger partial charge in [0.25, 0.3) is 11.1 Å². The zero-order chi connectivity index (χ0) is 28.2. The van der Waals surface area contributed by atoms with Gasteiger partial charge in [-0.05, 0) is 56.2 Å². The predicted octanol–water partition coefficient (Wildman–Crippen LogP) is 2.73. The van der Waals surface area contributed by atoms with E-state index in [0.717, 1.165) is 16.9 Å². The molecule has 0 aliphatic heterocycles. The highest BCUT2D eigenvalue weighted by atomic mass is 32.2. The molecule has 0 radical (unpaired) electrons. The van der Waals surface area contributed by atoms with Gasteiger partial charge < -0.3 is 5.32 Å². The number of terminal acetylenes is 1. The molecule has 0 spiro atoms. The van der Waals surface area contributed by atoms with Gasteiger partial charge in [0.2, 0.25) is 10.0 Å². The fourth-order valence-electron chi connectivity index (χ4n) is 4.61. The van der Waals surface area contributed by atoms with Crippen LogP contribution in [-0.4, -0.2) is 28.4 Å². The van der Waals surface area contributed by atoms with Crippen molar-refractivity contribution in [2.45, 2.75) is 25.8 Å². The van der Waals surface area contributed by atoms with Crippen LogP contribution in [0, 0.1) is 25.1 Å². The molecule has 0 amide bonds. The van der Waals surface area contributed by atoms with Crippen LogP contribution in [0.2, 0.25) is 0 Å². The van der Waals surface area contributed by atoms with Gasteiger partial charge in [-0.1, -0.05) is 12.0 Å². The highest BCUT2D eigenvalue weighted by Crippen LogP contribution is 2.34. The van der Waals surface area contributed by atoms with Crippen LogP contribution in [0.3, 0.4) is 0 Å². The molecule has 4 aromatic rings. The molecule has 0 unspecified atom stereocenters. The number of pyridine rings is 1. The van der Waals surface area contributed by atoms with E-state index in [-0.39, 0.29) is 45.4 Å². The highest BCUT2D eigenvalue weighted by molar-refractivity contribution is 7.92. The molecule has 5 rings (SSSR count). The van der Waals surface area contributed by atoms with Crippen LogP contribution in [0.5, 0.6) is 0 Å². The van der Waals surface area contributed by atoms with Crippen LogP contribution in [-0.2, 0) is 17.1 Å². The average molecular weight is 550 g/mol. The molecule has 39 heavy (non-hydrogen) atoms. The van der Waals surface area contributed by atoms with Crippen LogP contribution in [0.15, 0.2) is 56.8 Å². The van der Waals surface area contributed by atoms with Gasteiger partial charge in [-0.15, -0.1) is 6.42 Å². The minimum absolute atomic E-state index is 0.00278. The van der Waals surface area contributed by atoms with E-state index in [0.29, 0.717) is 18.4 Å². The molecule has 1 aliphatic rings. The van der Waals surface area contributed by atoms with Crippen LogP contribution in [0.1, 0.15) is 30.0 Å². The van der Waals surface area contributed by atoms with E-state index < -0.39 is 32.6 Å². The van der Waals surface area contributed by atoms with Crippen molar-refractivity contribution in [1.82, 2.24) is 13.7 Å². The van der Waals surface area contributed by atoms with E-state index in [1.54, 1.807) is 12.1 Å². The molecule has 2 aromatic carbocycles. The summed E-state index contributed by atoms with van der Waals surface area (Å²) in [5.41, 5.74) is -0.955. The number of aryl methyl sites for hydroxylation is 1. The Bertz CT molecular complexity index is 2010. The van der Waals surface area contributed by atoms with Crippen molar-refractivity contribution in [2.75, 3.05) is 16.3 Å². The highest BCUT2D eigenvalue weighted by Gasteiger charge is 2.31. The van der Waals surface area contributed by atoms with E-state index in [4.69, 9.17) is 6.42 Å². The molecular weight excluding hydrogens is 525 g/mol. The van der Waals surface area contributed by atoms with Gasteiger partial charge in [-0.25, -0.2) is 17.6 Å². The predicted molar refractivity (Wildman–Crippen MR) is 148 cm³/mol. The van der Waals surface area contributed by atoms with Gasteiger partial charge >= 0.3 is 5.69 Å². The molecule has 10 nitrogen and oxygen atoms in total. The van der Waals surface area contributed by atoms with E-state index >= 15 is 0 Å². The molecule has 1 fully saturated rings. The summed E-state index contributed by atoms with van der Waals surface area (Å²) >= 11 is 0. The van der Waals surface area contributed by atoms with Gasteiger partial charge in [-0.2, -0.15) is 0 Å². The number of nitrogens with zero attached hydrogens (tertiary/aromatic N) is 3. The zero-order valence-corrected chi connectivity index (χ0v) is 22.1. The topological polar surface area (TPSA) is 124 Å². The van der Waals surface area contributed by atoms with E-state index in [9.17, 15) is 27.2 Å². The number of halogens is 1. The Labute approximate surface area is 222 Å². The Morgan fingerprint density at radius 2 is 1.79 bits per heavy atom. The van der Waals surface area contributed by atoms with Gasteiger partial charge in [0, 0.05) is 24.2 Å². The minimum Gasteiger partial charge on any atom is -0.338 e. The average Bonchev–Trinajstić information content (AvgIpc) is 3.70. The molecule has 200 valence electrons. The second-order valence-corrected chi connectivity index (χ2v) is 11.2. The summed E-state index contributed by atoms with van der Waals surface area (Å²) in [6.45, 7) is 1.49. The summed E-state index contributed by atoms with van der Waals surface area (Å²) in [7, 11) is -2.18. The quantitative estimate of drug-likeness (QED) is 0.357. The molecule has 0 atom stereocenters. The van der Waals surface area contributed by atoms with Crippen molar-refractivity contribution in [3.05, 3.63) is 90.6 Å². The largest absolute Gasteiger partial charge is 0.338 e. The van der Waals surface area contributed by atoms with Crippen molar-refractivity contribution in [3.63, 3.8) is 0 Å². The molecular formula is C27H24FN5O5S. The number of hydrogen-bond donors (Lipinski definition) is 2. The molecule has 2 aromatic heterocycles. The smallest absolute Gasteiger partial charge is 0.336 e. The van der Waals surface area contributed by atoms with Gasteiger partial charge in [0.15, 0.2) is 0 Å². The standard InChI is InChI=1S/C27H24FN5O5S/c1-5-16-9-12-21(20(28)13-16)29-24-22-23(15(2)25(34)31(24)3)32(27(36)33(26(22)35)18-10-11-18)19-8-6-7-17(14-19)30-39(4,37)38/h1,6-9,12-14,18,29-30H,10-11H2,2-4H3. The van der Waals surface area contributed by atoms with E-state index in [2.05, 4.69) is 16.0 Å². The van der Waals surface area contributed by atoms with E-state index in [1.165, 1.54) is 47.4 Å². The number of nitrogens with one attached hydrogen (secondary N) is 2. The maximum absolute atomic E-state index is 14.9. The molecule has 1 saturated carbocycles. The summed E-state index contributed by atoms with van der Waals surface area (Å²) in [4.78, 5) is 41.0. The van der Waals surface area contributed by atoms with Gasteiger partial charge in [0.05, 0.1) is 28.8 Å². The SMILES string of the molecule is C#Cc1ccc(Nc2c3c(=O)n(C4CC4)c(=O)n(-c4cccc(NS(C)(=O)=O)c4)c3c(C)c(=O)n2C)c(F)c1. The number of fused-ring (bicyclic) bond motifs is 1. The first-order valence-electron chi connectivity index (χ1n) is 11.9. The lowest BCUT2D eigenvalue weighted by Gasteiger charge is -2.21. The monoisotopic (exact) mass is 549 g/mol. The maximum atomic E-state index is 14.9. The number of benzene rings is 2. The zero-order valence-electron chi connectivity index (χ0n) is 21.3. The Balaban J connectivity index is 1.88. The van der Waals surface area contributed by atoms with Crippen molar-refractivity contribution in [3.8, 4) is 18.0 Å². The normalized spacial score (nSPS) is 13.3. The second-order valence-electron chi connectivity index (χ2n) is 9.47. The third kappa shape index (κ3) is 4.61. The Hall–Kier alpha value is -4.63. The lowest BCUT2D eigenvalue weighted by atomic mass is 10.1. The van der Waals surface area contributed by atoms with E-state index in [1.807, 2.05) is 0 Å². The van der Waals surface area contributed by atoms with Crippen LogP contribution in [0.25, 0.3) is 16.6 Å². The van der Waals surface area contributed by atoms with Crippen LogP contribution in [0.4, 0.5) is 21.6 Å². The maximum Gasteiger partial charge on any atom is 0.336 e. The third-order valence-corrected chi connectivity index (χ3v) is 7.16. The summed E-state index contributed by atoms with van der Waals surface area (Å²) < 4.78 is 44.5. The first kappa shape index (κ1) is 26.0. The second kappa shape index (κ2) is 9.28. The summed E-state index contributed by atoms with van der Waals surface area (Å²) in [5, 5.41) is 2.87. The first-order valence-corrected chi connectivity index (χ1v) is 13.8. The minimum atomic E-state index is -3.62. The number of rotatable bonds is 6. The van der Waals surface area contributed by atoms with Crippen molar-refractivity contribution in [2.24, 2.45) is 7.05 Å². The number of aromatic nitrogens is 3. The fourth-order valence-corrected chi connectivity index (χ4v) is 5.17. The third-order valence-electron chi connectivity index (χ3n) is 6.55. The lowest BCUT2D eigenvalue weighted by molar-refractivity contribution is 0.607. The number of hydrogen-bond acceptors (Lipinski definition) is 6. The van der Waals surface area contributed by atoms with Crippen molar-refractivity contribution < 1.29 is 12.8 Å². The van der Waals surface area contributed by atoms with Crippen molar-refractivity contribution in [1.29, 1.82) is 0 Å². The summed E-state index contributed by atoms with van der Waals surface area (Å²) in [5.74, 6) is 1.65. The molecule has 2 heterocycles. The molecule has 0 saturated heterocycles. The Kier molecular flexibility index (Phi) is 6.19. The lowest BCUT2D eigenvalue weighted by Crippen LogP contribution is -2.41. The summed E-state index contributed by atoms with van der Waals surface area (Å²) in [6, 6.07) is 9.78. The van der Waals surface area contributed by atoms with Crippen LogP contribution < -0.4 is 26.8 Å². The molecule has 12 heteroatoms. The fraction of sp³-hybridized carbons (Fsp3) is 0.222. The van der Waals surface area contributed by atoms with Gasteiger partial charge in [0.1, 0.15) is 17.0 Å². The van der Waals surface area contributed by atoms with Crippen LogP contribution >= 0.6 is 0 Å². The Morgan fingerprint density at radius 3 is 2.41 bits per heavy atom. The van der Waals surface area contributed by atoms with Gasteiger partial charge in [-0.3, -0.25) is 28.0 Å². The molecule has 2 N–H and O–H groups in total. The first-order chi connectivity index (χ1) is 18.4. The van der Waals surface area contributed by atoms with Crippen molar-refractivity contribution >= 4 is 38.1 Å². The summed E-state index contributed by atoms with van der Waals surface area (Å²) in [6.07, 6.45) is 7.59. The molecule has 1 aliphatic carbocycles. The molecule has 0 bridgehead atoms.